The third kappa shape index (κ3) is 7.74. The zero-order valence-electron chi connectivity index (χ0n) is 8.72. The molecule has 13 heavy (non-hydrogen) atoms. The summed E-state index contributed by atoms with van der Waals surface area (Å²) in [5.41, 5.74) is 0. The van der Waals surface area contributed by atoms with Crippen LogP contribution >= 0.6 is 0 Å². The molecule has 0 aromatic carbocycles. The zero-order chi connectivity index (χ0) is 10.1. The van der Waals surface area contributed by atoms with E-state index < -0.39 is 0 Å². The number of rotatable bonds is 7. The van der Waals surface area contributed by atoms with Crippen molar-refractivity contribution in [1.82, 2.24) is 10.6 Å². The van der Waals surface area contributed by atoms with Gasteiger partial charge in [-0.1, -0.05) is 6.92 Å². The second kappa shape index (κ2) is 8.01. The lowest BCUT2D eigenvalue weighted by molar-refractivity contribution is -0.121. The third-order valence-corrected chi connectivity index (χ3v) is 1.70. The summed E-state index contributed by atoms with van der Waals surface area (Å²) in [5, 5.41) is 5.77. The van der Waals surface area contributed by atoms with Gasteiger partial charge < -0.3 is 15.4 Å². The molecule has 2 N–H and O–H groups in total. The van der Waals surface area contributed by atoms with Crippen molar-refractivity contribution in [3.63, 3.8) is 0 Å². The molecule has 1 atom stereocenters. The van der Waals surface area contributed by atoms with Crippen molar-refractivity contribution in [2.45, 2.75) is 13.3 Å². The summed E-state index contributed by atoms with van der Waals surface area (Å²) in [4.78, 5) is 11.1. The predicted octanol–water partition coefficient (Wildman–Crippen LogP) is -0.00540. The van der Waals surface area contributed by atoms with E-state index >= 15 is 0 Å². The molecule has 0 aromatic heterocycles. The fourth-order valence-electron chi connectivity index (χ4n) is 0.958. The van der Waals surface area contributed by atoms with Gasteiger partial charge in [-0.25, -0.2) is 0 Å². The topological polar surface area (TPSA) is 50.4 Å². The van der Waals surface area contributed by atoms with Gasteiger partial charge in [-0.05, 0) is 13.0 Å². The quantitative estimate of drug-likeness (QED) is 0.591. The molecule has 0 bridgehead atoms. The molecule has 0 heterocycles. The van der Waals surface area contributed by atoms with Gasteiger partial charge in [-0.15, -0.1) is 0 Å². The number of nitrogens with one attached hydrogen (secondary N) is 2. The molecule has 0 aliphatic carbocycles. The minimum Gasteiger partial charge on any atom is -0.384 e. The van der Waals surface area contributed by atoms with Gasteiger partial charge in [0.1, 0.15) is 0 Å². The molecule has 0 radical (unpaired) electrons. The average molecular weight is 188 g/mol. The number of amides is 1. The molecule has 1 amide bonds. The van der Waals surface area contributed by atoms with E-state index in [1.165, 1.54) is 0 Å². The van der Waals surface area contributed by atoms with Crippen LogP contribution in [0.25, 0.3) is 0 Å². The van der Waals surface area contributed by atoms with E-state index in [1.54, 1.807) is 7.11 Å². The number of carbonyl (C=O) groups excluding carboxylic acids is 1. The number of hydrogen-bond donors (Lipinski definition) is 2. The maximum atomic E-state index is 11.1. The van der Waals surface area contributed by atoms with Gasteiger partial charge in [-0.3, -0.25) is 4.79 Å². The first-order valence-electron chi connectivity index (χ1n) is 4.61. The second-order valence-electron chi connectivity index (χ2n) is 3.22. The minimum absolute atomic E-state index is 0.0947. The fourth-order valence-corrected chi connectivity index (χ4v) is 0.958. The summed E-state index contributed by atoms with van der Waals surface area (Å²) >= 11 is 0. The van der Waals surface area contributed by atoms with Crippen molar-refractivity contribution < 1.29 is 9.53 Å². The summed E-state index contributed by atoms with van der Waals surface area (Å²) in [5.74, 6) is 0.473. The molecule has 0 fully saturated rings. The Morgan fingerprint density at radius 2 is 2.23 bits per heavy atom. The van der Waals surface area contributed by atoms with Gasteiger partial charge in [0.25, 0.3) is 0 Å². The summed E-state index contributed by atoms with van der Waals surface area (Å²) < 4.78 is 4.95. The van der Waals surface area contributed by atoms with Crippen molar-refractivity contribution in [1.29, 1.82) is 0 Å². The van der Waals surface area contributed by atoms with Crippen LogP contribution in [-0.2, 0) is 9.53 Å². The summed E-state index contributed by atoms with van der Waals surface area (Å²) in [7, 11) is 3.50. The number of methoxy groups -OCH3 is 1. The average Bonchev–Trinajstić information content (AvgIpc) is 2.12. The van der Waals surface area contributed by atoms with Crippen LogP contribution in [0.5, 0.6) is 0 Å². The lowest BCUT2D eigenvalue weighted by Gasteiger charge is -2.11. The Hall–Kier alpha value is -0.610. The highest BCUT2D eigenvalue weighted by Crippen LogP contribution is 1.92. The number of hydrogen-bond acceptors (Lipinski definition) is 3. The monoisotopic (exact) mass is 188 g/mol. The second-order valence-corrected chi connectivity index (χ2v) is 3.22. The first kappa shape index (κ1) is 12.4. The van der Waals surface area contributed by atoms with Gasteiger partial charge in [0.2, 0.25) is 5.91 Å². The summed E-state index contributed by atoms with van der Waals surface area (Å²) in [6.45, 7) is 4.15. The van der Waals surface area contributed by atoms with E-state index in [0.29, 0.717) is 25.5 Å². The Morgan fingerprint density at radius 3 is 2.77 bits per heavy atom. The predicted molar refractivity (Wildman–Crippen MR) is 52.6 cm³/mol. The lowest BCUT2D eigenvalue weighted by Crippen LogP contribution is -2.31. The molecule has 0 saturated carbocycles. The van der Waals surface area contributed by atoms with Gasteiger partial charge in [0, 0.05) is 26.6 Å². The molecule has 0 aliphatic heterocycles. The van der Waals surface area contributed by atoms with E-state index in [1.807, 2.05) is 14.0 Å². The highest BCUT2D eigenvalue weighted by molar-refractivity contribution is 5.76. The van der Waals surface area contributed by atoms with E-state index in [-0.39, 0.29) is 5.91 Å². The molecule has 0 saturated heterocycles. The Balaban J connectivity index is 3.34. The van der Waals surface area contributed by atoms with Crippen LogP contribution in [0.2, 0.25) is 0 Å². The fraction of sp³-hybridized carbons (Fsp3) is 0.889. The number of carbonyl (C=O) groups is 1. The zero-order valence-corrected chi connectivity index (χ0v) is 8.72. The van der Waals surface area contributed by atoms with E-state index in [4.69, 9.17) is 4.74 Å². The van der Waals surface area contributed by atoms with Crippen LogP contribution in [0.4, 0.5) is 0 Å². The van der Waals surface area contributed by atoms with Crippen LogP contribution in [0.15, 0.2) is 0 Å². The van der Waals surface area contributed by atoms with Gasteiger partial charge >= 0.3 is 0 Å². The molecule has 0 aliphatic rings. The normalized spacial score (nSPS) is 12.5. The maximum absolute atomic E-state index is 11.1. The highest BCUT2D eigenvalue weighted by Gasteiger charge is 2.03. The molecular weight excluding hydrogens is 168 g/mol. The Kier molecular flexibility index (Phi) is 7.63. The smallest absolute Gasteiger partial charge is 0.221 e. The lowest BCUT2D eigenvalue weighted by atomic mass is 10.2. The molecule has 0 spiro atoms. The molecule has 78 valence electrons. The summed E-state index contributed by atoms with van der Waals surface area (Å²) in [6, 6.07) is 0. The van der Waals surface area contributed by atoms with Crippen LogP contribution < -0.4 is 10.6 Å². The molecule has 1 unspecified atom stereocenters. The van der Waals surface area contributed by atoms with Gasteiger partial charge in [-0.2, -0.15) is 0 Å². The minimum atomic E-state index is 0.0947. The maximum Gasteiger partial charge on any atom is 0.221 e. The van der Waals surface area contributed by atoms with Crippen molar-refractivity contribution >= 4 is 5.91 Å². The van der Waals surface area contributed by atoms with Crippen LogP contribution in [0.3, 0.4) is 0 Å². The van der Waals surface area contributed by atoms with Crippen molar-refractivity contribution in [3.8, 4) is 0 Å². The van der Waals surface area contributed by atoms with Crippen LogP contribution in [0, 0.1) is 5.92 Å². The van der Waals surface area contributed by atoms with Gasteiger partial charge in [0.15, 0.2) is 0 Å². The first-order chi connectivity index (χ1) is 6.20. The van der Waals surface area contributed by atoms with Crippen molar-refractivity contribution in [3.05, 3.63) is 0 Å². The molecule has 0 aromatic rings. The Labute approximate surface area is 80.0 Å². The first-order valence-corrected chi connectivity index (χ1v) is 4.61. The van der Waals surface area contributed by atoms with E-state index in [9.17, 15) is 4.79 Å². The van der Waals surface area contributed by atoms with E-state index in [2.05, 4.69) is 10.6 Å². The van der Waals surface area contributed by atoms with Crippen molar-refractivity contribution in [2.75, 3.05) is 33.9 Å². The molecule has 4 nitrogen and oxygen atoms in total. The SMILES string of the molecule is CNCCC(=O)NCC(C)COC. The Morgan fingerprint density at radius 1 is 1.54 bits per heavy atom. The highest BCUT2D eigenvalue weighted by atomic mass is 16.5. The third-order valence-electron chi connectivity index (χ3n) is 1.70. The van der Waals surface area contributed by atoms with Gasteiger partial charge in [0.05, 0.1) is 6.61 Å². The molecular formula is C9H20N2O2. The molecule has 4 heteroatoms. The summed E-state index contributed by atoms with van der Waals surface area (Å²) in [6.07, 6.45) is 0.538. The van der Waals surface area contributed by atoms with Crippen LogP contribution in [-0.4, -0.2) is 39.8 Å². The van der Waals surface area contributed by atoms with Crippen LogP contribution in [0.1, 0.15) is 13.3 Å². The largest absolute Gasteiger partial charge is 0.384 e. The van der Waals surface area contributed by atoms with Crippen molar-refractivity contribution in [2.24, 2.45) is 5.92 Å². The standard InChI is InChI=1S/C9H20N2O2/c1-8(7-13-3)6-11-9(12)4-5-10-2/h8,10H,4-7H2,1-3H3,(H,11,12). The number of ether oxygens (including phenoxy) is 1. The molecule has 0 rings (SSSR count). The van der Waals surface area contributed by atoms with E-state index in [0.717, 1.165) is 6.54 Å². The Bertz CT molecular complexity index is 140.